The van der Waals surface area contributed by atoms with Gasteiger partial charge in [0.25, 0.3) is 0 Å². The van der Waals surface area contributed by atoms with Crippen LogP contribution >= 0.6 is 11.8 Å². The SMILES string of the molecule is NCC1(C(=O)NCCSC(F)(F)F)CCCCC1. The Morgan fingerprint density at radius 3 is 2.39 bits per heavy atom. The molecule has 0 aromatic carbocycles. The predicted octanol–water partition coefficient (Wildman–Crippen LogP) is 2.26. The summed E-state index contributed by atoms with van der Waals surface area (Å²) in [5, 5.41) is 2.58. The topological polar surface area (TPSA) is 55.1 Å². The van der Waals surface area contributed by atoms with Crippen molar-refractivity contribution in [2.45, 2.75) is 37.6 Å². The molecule has 18 heavy (non-hydrogen) atoms. The summed E-state index contributed by atoms with van der Waals surface area (Å²) in [7, 11) is 0. The fraction of sp³-hybridized carbons (Fsp3) is 0.909. The average molecular weight is 284 g/mol. The van der Waals surface area contributed by atoms with Gasteiger partial charge in [0.1, 0.15) is 0 Å². The van der Waals surface area contributed by atoms with Crippen molar-refractivity contribution in [3.8, 4) is 0 Å². The van der Waals surface area contributed by atoms with Crippen molar-refractivity contribution in [1.82, 2.24) is 5.32 Å². The Morgan fingerprint density at radius 1 is 1.28 bits per heavy atom. The maximum absolute atomic E-state index is 12.0. The molecule has 1 aliphatic carbocycles. The Hall–Kier alpha value is -0.430. The van der Waals surface area contributed by atoms with E-state index < -0.39 is 10.9 Å². The highest BCUT2D eigenvalue weighted by Gasteiger charge is 2.38. The van der Waals surface area contributed by atoms with Gasteiger partial charge in [0.15, 0.2) is 0 Å². The maximum atomic E-state index is 12.0. The molecule has 1 amide bonds. The lowest BCUT2D eigenvalue weighted by Gasteiger charge is -2.34. The van der Waals surface area contributed by atoms with Crippen molar-refractivity contribution in [3.63, 3.8) is 0 Å². The van der Waals surface area contributed by atoms with Crippen molar-refractivity contribution in [2.75, 3.05) is 18.8 Å². The summed E-state index contributed by atoms with van der Waals surface area (Å²) in [6, 6.07) is 0. The summed E-state index contributed by atoms with van der Waals surface area (Å²) in [6.07, 6.45) is 4.49. The highest BCUT2D eigenvalue weighted by Crippen LogP contribution is 2.35. The first-order valence-electron chi connectivity index (χ1n) is 6.09. The second-order valence-electron chi connectivity index (χ2n) is 4.60. The van der Waals surface area contributed by atoms with Gasteiger partial charge in [-0.25, -0.2) is 0 Å². The molecular weight excluding hydrogens is 265 g/mol. The third-order valence-corrected chi connectivity index (χ3v) is 4.07. The summed E-state index contributed by atoms with van der Waals surface area (Å²) in [5.74, 6) is -0.344. The summed E-state index contributed by atoms with van der Waals surface area (Å²) in [5.41, 5.74) is 0.877. The molecule has 0 saturated heterocycles. The Kier molecular flexibility index (Phi) is 5.78. The minimum atomic E-state index is -4.23. The standard InChI is InChI=1S/C11H19F3N2OS/c12-11(13,14)18-7-6-16-9(17)10(8-15)4-2-1-3-5-10/h1-8,15H2,(H,16,17). The van der Waals surface area contributed by atoms with E-state index in [1.807, 2.05) is 0 Å². The number of nitrogens with two attached hydrogens (primary N) is 1. The normalized spacial score (nSPS) is 19.6. The van der Waals surface area contributed by atoms with E-state index in [9.17, 15) is 18.0 Å². The molecule has 7 heteroatoms. The molecule has 1 fully saturated rings. The first kappa shape index (κ1) is 15.6. The Morgan fingerprint density at radius 2 is 1.89 bits per heavy atom. The van der Waals surface area contributed by atoms with Gasteiger partial charge in [-0.3, -0.25) is 4.79 Å². The maximum Gasteiger partial charge on any atom is 0.441 e. The lowest BCUT2D eigenvalue weighted by molar-refractivity contribution is -0.132. The van der Waals surface area contributed by atoms with Crippen LogP contribution in [0.15, 0.2) is 0 Å². The van der Waals surface area contributed by atoms with E-state index in [2.05, 4.69) is 5.32 Å². The highest BCUT2D eigenvalue weighted by molar-refractivity contribution is 8.00. The first-order valence-corrected chi connectivity index (χ1v) is 7.07. The van der Waals surface area contributed by atoms with Crippen molar-refractivity contribution in [1.29, 1.82) is 0 Å². The number of hydrogen-bond donors (Lipinski definition) is 2. The molecule has 0 heterocycles. The van der Waals surface area contributed by atoms with Crippen LogP contribution < -0.4 is 11.1 Å². The van der Waals surface area contributed by atoms with Gasteiger partial charge >= 0.3 is 5.51 Å². The van der Waals surface area contributed by atoms with Crippen LogP contribution in [-0.4, -0.2) is 30.3 Å². The minimum absolute atomic E-state index is 0.0325. The van der Waals surface area contributed by atoms with Gasteiger partial charge in [0, 0.05) is 18.8 Å². The first-order chi connectivity index (χ1) is 8.40. The zero-order valence-electron chi connectivity index (χ0n) is 10.2. The molecule has 0 atom stereocenters. The van der Waals surface area contributed by atoms with Gasteiger partial charge in [-0.2, -0.15) is 13.2 Å². The van der Waals surface area contributed by atoms with Crippen LogP contribution in [0.2, 0.25) is 0 Å². The molecule has 0 unspecified atom stereocenters. The number of rotatable bonds is 5. The Balaban J connectivity index is 2.34. The molecular formula is C11H19F3N2OS. The van der Waals surface area contributed by atoms with Crippen molar-refractivity contribution < 1.29 is 18.0 Å². The van der Waals surface area contributed by atoms with Gasteiger partial charge in [-0.1, -0.05) is 19.3 Å². The van der Waals surface area contributed by atoms with Crippen molar-refractivity contribution in [3.05, 3.63) is 0 Å². The second-order valence-corrected chi connectivity index (χ2v) is 5.76. The number of amides is 1. The number of halogens is 3. The second kappa shape index (κ2) is 6.65. The molecule has 1 aliphatic rings. The summed E-state index contributed by atoms with van der Waals surface area (Å²) >= 11 is -0.117. The molecule has 106 valence electrons. The van der Waals surface area contributed by atoms with Gasteiger partial charge in [0.05, 0.1) is 5.41 Å². The van der Waals surface area contributed by atoms with Crippen molar-refractivity contribution >= 4 is 17.7 Å². The molecule has 0 aromatic rings. The molecule has 3 N–H and O–H groups in total. The number of hydrogen-bond acceptors (Lipinski definition) is 3. The van der Waals surface area contributed by atoms with E-state index in [-0.39, 0.29) is 36.5 Å². The average Bonchev–Trinajstić information content (AvgIpc) is 2.34. The molecule has 0 aromatic heterocycles. The van der Waals surface area contributed by atoms with Crippen LogP contribution in [0, 0.1) is 5.41 Å². The highest BCUT2D eigenvalue weighted by atomic mass is 32.2. The number of nitrogens with one attached hydrogen (secondary N) is 1. The smallest absolute Gasteiger partial charge is 0.355 e. The van der Waals surface area contributed by atoms with E-state index in [1.165, 1.54) is 0 Å². The van der Waals surface area contributed by atoms with Crippen LogP contribution in [0.4, 0.5) is 13.2 Å². The fourth-order valence-electron chi connectivity index (χ4n) is 2.27. The molecule has 0 aliphatic heterocycles. The van der Waals surface area contributed by atoms with Crippen LogP contribution in [0.5, 0.6) is 0 Å². The van der Waals surface area contributed by atoms with Gasteiger partial charge < -0.3 is 11.1 Å². The van der Waals surface area contributed by atoms with Gasteiger partial charge in [-0.05, 0) is 24.6 Å². The summed E-state index contributed by atoms with van der Waals surface area (Å²) in [6.45, 7) is 0.302. The lowest BCUT2D eigenvalue weighted by Crippen LogP contribution is -2.47. The van der Waals surface area contributed by atoms with E-state index in [0.29, 0.717) is 0 Å². The van der Waals surface area contributed by atoms with E-state index in [4.69, 9.17) is 5.73 Å². The van der Waals surface area contributed by atoms with E-state index in [0.717, 1.165) is 32.1 Å². The van der Waals surface area contributed by atoms with Gasteiger partial charge in [0.2, 0.25) is 5.91 Å². The predicted molar refractivity (Wildman–Crippen MR) is 66.1 cm³/mol. The van der Waals surface area contributed by atoms with E-state index >= 15 is 0 Å². The van der Waals surface area contributed by atoms with Crippen LogP contribution in [0.3, 0.4) is 0 Å². The van der Waals surface area contributed by atoms with E-state index in [1.54, 1.807) is 0 Å². The molecule has 1 rings (SSSR count). The van der Waals surface area contributed by atoms with Gasteiger partial charge in [-0.15, -0.1) is 0 Å². The minimum Gasteiger partial charge on any atom is -0.355 e. The van der Waals surface area contributed by atoms with Crippen LogP contribution in [0.1, 0.15) is 32.1 Å². The van der Waals surface area contributed by atoms with Crippen molar-refractivity contribution in [2.24, 2.45) is 11.1 Å². The molecule has 0 bridgehead atoms. The lowest BCUT2D eigenvalue weighted by atomic mass is 9.73. The summed E-state index contributed by atoms with van der Waals surface area (Å²) < 4.78 is 35.7. The zero-order valence-corrected chi connectivity index (χ0v) is 11.0. The van der Waals surface area contributed by atoms with Crippen LogP contribution in [0.25, 0.3) is 0 Å². The largest absolute Gasteiger partial charge is 0.441 e. The number of alkyl halides is 3. The summed E-state index contributed by atoms with van der Waals surface area (Å²) in [4.78, 5) is 12.0. The third-order valence-electron chi connectivity index (χ3n) is 3.34. The molecule has 0 spiro atoms. The molecule has 3 nitrogen and oxygen atoms in total. The molecule has 0 radical (unpaired) electrons. The zero-order chi connectivity index (χ0) is 13.6. The quantitative estimate of drug-likeness (QED) is 0.761. The number of thioether (sulfide) groups is 1. The fourth-order valence-corrected chi connectivity index (χ4v) is 2.71. The third kappa shape index (κ3) is 4.68. The Labute approximate surface area is 109 Å². The molecule has 1 saturated carbocycles. The number of carbonyl (C=O) groups excluding carboxylic acids is 1. The Bertz CT molecular complexity index is 278. The number of carbonyl (C=O) groups is 1. The monoisotopic (exact) mass is 284 g/mol. The van der Waals surface area contributed by atoms with Crippen LogP contribution in [-0.2, 0) is 4.79 Å².